The fourth-order valence-corrected chi connectivity index (χ4v) is 3.99. The van der Waals surface area contributed by atoms with Gasteiger partial charge in [-0.05, 0) is 56.0 Å². The molecule has 2 fully saturated rings. The molecule has 2 saturated heterocycles. The number of aromatic nitrogens is 1. The monoisotopic (exact) mass is 321 g/mol. The molecule has 4 heteroatoms. The summed E-state index contributed by atoms with van der Waals surface area (Å²) >= 11 is 0. The molecule has 1 aromatic heterocycles. The van der Waals surface area contributed by atoms with Crippen LogP contribution in [0.5, 0.6) is 0 Å². The van der Waals surface area contributed by atoms with E-state index in [1.54, 1.807) is 6.20 Å². The summed E-state index contributed by atoms with van der Waals surface area (Å²) in [6.07, 6.45) is 7.78. The SMILES string of the molecule is Cc1ccc(NC(=O)N2C3CCCCC2C3)cc1-c1ccccn1. The topological polar surface area (TPSA) is 45.2 Å². The summed E-state index contributed by atoms with van der Waals surface area (Å²) in [5.74, 6) is 0. The minimum absolute atomic E-state index is 0.0500. The number of hydrogen-bond donors (Lipinski definition) is 1. The second kappa shape index (κ2) is 6.27. The van der Waals surface area contributed by atoms with Crippen molar-refractivity contribution in [3.63, 3.8) is 0 Å². The number of anilines is 1. The van der Waals surface area contributed by atoms with Crippen LogP contribution in [0.15, 0.2) is 42.6 Å². The van der Waals surface area contributed by atoms with E-state index in [1.165, 1.54) is 19.3 Å². The third-order valence-electron chi connectivity index (χ3n) is 5.32. The number of carbonyl (C=O) groups is 1. The van der Waals surface area contributed by atoms with Crippen LogP contribution in [0.1, 0.15) is 37.7 Å². The third-order valence-corrected chi connectivity index (χ3v) is 5.32. The van der Waals surface area contributed by atoms with E-state index < -0.39 is 0 Å². The van der Waals surface area contributed by atoms with E-state index in [0.717, 1.165) is 35.3 Å². The highest BCUT2D eigenvalue weighted by Crippen LogP contribution is 2.37. The van der Waals surface area contributed by atoms with Crippen LogP contribution in [0.2, 0.25) is 0 Å². The Morgan fingerprint density at radius 3 is 2.67 bits per heavy atom. The maximum atomic E-state index is 12.7. The Balaban J connectivity index is 1.54. The van der Waals surface area contributed by atoms with Gasteiger partial charge in [-0.3, -0.25) is 4.98 Å². The Morgan fingerprint density at radius 2 is 1.96 bits per heavy atom. The minimum atomic E-state index is 0.0500. The number of urea groups is 1. The Kier molecular flexibility index (Phi) is 3.97. The number of aryl methyl sites for hydroxylation is 1. The van der Waals surface area contributed by atoms with Crippen molar-refractivity contribution in [2.24, 2.45) is 0 Å². The van der Waals surface area contributed by atoms with Crippen LogP contribution in [-0.4, -0.2) is 28.0 Å². The van der Waals surface area contributed by atoms with Crippen LogP contribution < -0.4 is 5.32 Å². The average Bonchev–Trinajstić information content (AvgIpc) is 2.94. The third kappa shape index (κ3) is 2.77. The molecule has 2 aromatic rings. The van der Waals surface area contributed by atoms with Gasteiger partial charge >= 0.3 is 6.03 Å². The highest BCUT2D eigenvalue weighted by molar-refractivity contribution is 5.91. The predicted molar refractivity (Wildman–Crippen MR) is 95.9 cm³/mol. The van der Waals surface area contributed by atoms with E-state index in [0.29, 0.717) is 12.1 Å². The number of nitrogens with zero attached hydrogens (tertiary/aromatic N) is 2. The molecule has 2 bridgehead atoms. The zero-order valence-electron chi connectivity index (χ0n) is 14.0. The summed E-state index contributed by atoms with van der Waals surface area (Å²) in [5, 5.41) is 3.10. The zero-order chi connectivity index (χ0) is 16.5. The van der Waals surface area contributed by atoms with Gasteiger partial charge in [0.15, 0.2) is 0 Å². The summed E-state index contributed by atoms with van der Waals surface area (Å²) in [7, 11) is 0. The molecule has 2 atom stereocenters. The maximum Gasteiger partial charge on any atom is 0.322 e. The quantitative estimate of drug-likeness (QED) is 0.878. The molecular weight excluding hydrogens is 298 g/mol. The Bertz CT molecular complexity index is 728. The molecule has 4 rings (SSSR count). The van der Waals surface area contributed by atoms with Gasteiger partial charge in [-0.1, -0.05) is 25.0 Å². The van der Waals surface area contributed by atoms with E-state index in [1.807, 2.05) is 36.4 Å². The number of amides is 2. The van der Waals surface area contributed by atoms with Crippen LogP contribution in [-0.2, 0) is 0 Å². The smallest absolute Gasteiger partial charge is 0.318 e. The van der Waals surface area contributed by atoms with Gasteiger partial charge in [-0.25, -0.2) is 4.79 Å². The minimum Gasteiger partial charge on any atom is -0.318 e. The van der Waals surface area contributed by atoms with Gasteiger partial charge in [0.05, 0.1) is 5.69 Å². The van der Waals surface area contributed by atoms with Gasteiger partial charge in [0.1, 0.15) is 0 Å². The van der Waals surface area contributed by atoms with Crippen molar-refractivity contribution in [2.45, 2.75) is 51.1 Å². The molecule has 0 aliphatic carbocycles. The molecule has 0 radical (unpaired) electrons. The van der Waals surface area contributed by atoms with Gasteiger partial charge in [0, 0.05) is 29.5 Å². The van der Waals surface area contributed by atoms with Crippen molar-refractivity contribution in [1.82, 2.24) is 9.88 Å². The molecule has 1 aromatic carbocycles. The lowest BCUT2D eigenvalue weighted by Crippen LogP contribution is -2.58. The maximum absolute atomic E-state index is 12.7. The molecule has 2 amide bonds. The number of rotatable bonds is 2. The van der Waals surface area contributed by atoms with Crippen LogP contribution in [0.3, 0.4) is 0 Å². The first-order chi connectivity index (χ1) is 11.7. The van der Waals surface area contributed by atoms with Crippen LogP contribution in [0.25, 0.3) is 11.3 Å². The van der Waals surface area contributed by atoms with Gasteiger partial charge in [-0.2, -0.15) is 0 Å². The molecule has 4 nitrogen and oxygen atoms in total. The number of carbonyl (C=O) groups excluding carboxylic acids is 1. The molecular formula is C20H23N3O. The lowest BCUT2D eigenvalue weighted by atomic mass is 9.92. The van der Waals surface area contributed by atoms with Gasteiger partial charge < -0.3 is 10.2 Å². The van der Waals surface area contributed by atoms with Crippen molar-refractivity contribution in [1.29, 1.82) is 0 Å². The van der Waals surface area contributed by atoms with E-state index >= 15 is 0 Å². The summed E-state index contributed by atoms with van der Waals surface area (Å²) < 4.78 is 0. The van der Waals surface area contributed by atoms with E-state index in [4.69, 9.17) is 0 Å². The molecule has 2 aliphatic heterocycles. The fraction of sp³-hybridized carbons (Fsp3) is 0.400. The first-order valence-corrected chi connectivity index (χ1v) is 8.84. The van der Waals surface area contributed by atoms with E-state index in [2.05, 4.69) is 22.1 Å². The Hall–Kier alpha value is -2.36. The van der Waals surface area contributed by atoms with Crippen LogP contribution in [0.4, 0.5) is 10.5 Å². The molecule has 124 valence electrons. The second-order valence-electron chi connectivity index (χ2n) is 6.91. The number of nitrogens with one attached hydrogen (secondary N) is 1. The number of hydrogen-bond acceptors (Lipinski definition) is 2. The summed E-state index contributed by atoms with van der Waals surface area (Å²) in [6.45, 7) is 2.07. The first-order valence-electron chi connectivity index (χ1n) is 8.84. The zero-order valence-corrected chi connectivity index (χ0v) is 14.0. The van der Waals surface area contributed by atoms with Crippen molar-refractivity contribution < 1.29 is 4.79 Å². The standard InChI is InChI=1S/C20H23N3O/c1-14-9-10-15(12-18(14)19-8-4-5-11-21-19)22-20(24)23-16-6-2-3-7-17(23)13-16/h4-5,8-12,16-17H,2-3,6-7,13H2,1H3,(H,22,24). The largest absolute Gasteiger partial charge is 0.322 e. The average molecular weight is 321 g/mol. The van der Waals surface area contributed by atoms with Crippen LogP contribution >= 0.6 is 0 Å². The van der Waals surface area contributed by atoms with Crippen molar-refractivity contribution >= 4 is 11.7 Å². The molecule has 0 spiro atoms. The normalized spacial score (nSPS) is 22.5. The second-order valence-corrected chi connectivity index (χ2v) is 6.91. The van der Waals surface area contributed by atoms with E-state index in [9.17, 15) is 4.79 Å². The summed E-state index contributed by atoms with van der Waals surface area (Å²) in [6, 6.07) is 12.9. The molecule has 0 saturated carbocycles. The van der Waals surface area contributed by atoms with Crippen LogP contribution in [0, 0.1) is 6.92 Å². The van der Waals surface area contributed by atoms with Crippen molar-refractivity contribution in [2.75, 3.05) is 5.32 Å². The molecule has 2 aliphatic rings. The molecule has 3 heterocycles. The van der Waals surface area contributed by atoms with E-state index in [-0.39, 0.29) is 6.03 Å². The number of benzene rings is 1. The number of pyridine rings is 1. The number of fused-ring (bicyclic) bond motifs is 2. The molecule has 2 unspecified atom stereocenters. The lowest BCUT2D eigenvalue weighted by Gasteiger charge is -2.47. The van der Waals surface area contributed by atoms with Crippen molar-refractivity contribution in [3.8, 4) is 11.3 Å². The highest BCUT2D eigenvalue weighted by atomic mass is 16.2. The van der Waals surface area contributed by atoms with Gasteiger partial charge in [-0.15, -0.1) is 0 Å². The lowest BCUT2D eigenvalue weighted by molar-refractivity contribution is 0.0646. The van der Waals surface area contributed by atoms with Gasteiger partial charge in [0.2, 0.25) is 0 Å². The summed E-state index contributed by atoms with van der Waals surface area (Å²) in [4.78, 5) is 19.2. The first kappa shape index (κ1) is 15.2. The Labute approximate surface area is 142 Å². The molecule has 24 heavy (non-hydrogen) atoms. The highest BCUT2D eigenvalue weighted by Gasteiger charge is 2.42. The van der Waals surface area contributed by atoms with Crippen molar-refractivity contribution in [3.05, 3.63) is 48.2 Å². The molecule has 1 N–H and O–H groups in total. The summed E-state index contributed by atoms with van der Waals surface area (Å²) in [5.41, 5.74) is 4.00. The Morgan fingerprint density at radius 1 is 1.17 bits per heavy atom. The van der Waals surface area contributed by atoms with Gasteiger partial charge in [0.25, 0.3) is 0 Å². The fourth-order valence-electron chi connectivity index (χ4n) is 3.99. The predicted octanol–water partition coefficient (Wildman–Crippen LogP) is 4.61.